The summed E-state index contributed by atoms with van der Waals surface area (Å²) in [5, 5.41) is 12.5. The Morgan fingerprint density at radius 1 is 1.46 bits per heavy atom. The number of nitrogens with one attached hydrogen (secondary N) is 2. The van der Waals surface area contributed by atoms with Crippen LogP contribution in [0.3, 0.4) is 0 Å². The SMILES string of the molecule is CC(C)C(NC(=O)N1CCCC(CO)C1)c1nc2ccccc2[nH]1. The number of aliphatic hydroxyl groups excluding tert-OH is 1. The number of benzene rings is 1. The highest BCUT2D eigenvalue weighted by Gasteiger charge is 2.27. The number of aliphatic hydroxyl groups is 1. The molecule has 3 rings (SSSR count). The normalized spacial score (nSPS) is 19.7. The standard InChI is InChI=1S/C18H26N4O2/c1-12(2)16(17-19-14-7-3-4-8-15(14)20-17)21-18(24)22-9-5-6-13(10-22)11-23/h3-4,7-8,12-13,16,23H,5-6,9-11H2,1-2H3,(H,19,20)(H,21,24). The highest BCUT2D eigenvalue weighted by Crippen LogP contribution is 2.23. The number of carbonyl (C=O) groups is 1. The van der Waals surface area contributed by atoms with Crippen LogP contribution in [0.25, 0.3) is 11.0 Å². The lowest BCUT2D eigenvalue weighted by atomic mass is 9.99. The average molecular weight is 330 g/mol. The van der Waals surface area contributed by atoms with E-state index in [-0.39, 0.29) is 30.5 Å². The van der Waals surface area contributed by atoms with Gasteiger partial charge in [-0.15, -0.1) is 0 Å². The smallest absolute Gasteiger partial charge is 0.318 e. The Morgan fingerprint density at radius 2 is 2.25 bits per heavy atom. The highest BCUT2D eigenvalue weighted by atomic mass is 16.3. The van der Waals surface area contributed by atoms with Crippen LogP contribution in [-0.4, -0.2) is 45.7 Å². The predicted octanol–water partition coefficient (Wildman–Crippen LogP) is 2.67. The van der Waals surface area contributed by atoms with Crippen molar-refractivity contribution in [1.29, 1.82) is 0 Å². The Bertz CT molecular complexity index is 664. The number of nitrogens with zero attached hydrogens (tertiary/aromatic N) is 2. The van der Waals surface area contributed by atoms with Crippen molar-refractivity contribution in [1.82, 2.24) is 20.2 Å². The Morgan fingerprint density at radius 3 is 2.96 bits per heavy atom. The number of imidazole rings is 1. The number of rotatable bonds is 4. The first-order valence-electron chi connectivity index (χ1n) is 8.69. The number of fused-ring (bicyclic) bond motifs is 1. The third kappa shape index (κ3) is 3.53. The summed E-state index contributed by atoms with van der Waals surface area (Å²) in [4.78, 5) is 22.4. The fraction of sp³-hybridized carbons (Fsp3) is 0.556. The molecule has 0 saturated carbocycles. The van der Waals surface area contributed by atoms with Crippen LogP contribution in [0, 0.1) is 11.8 Å². The lowest BCUT2D eigenvalue weighted by Crippen LogP contribution is -2.48. The third-order valence-electron chi connectivity index (χ3n) is 4.71. The maximum absolute atomic E-state index is 12.7. The lowest BCUT2D eigenvalue weighted by Gasteiger charge is -2.33. The quantitative estimate of drug-likeness (QED) is 0.806. The summed E-state index contributed by atoms with van der Waals surface area (Å²) in [6, 6.07) is 7.63. The average Bonchev–Trinajstić information content (AvgIpc) is 3.02. The number of piperidine rings is 1. The van der Waals surface area contributed by atoms with E-state index in [2.05, 4.69) is 29.1 Å². The Labute approximate surface area is 142 Å². The van der Waals surface area contributed by atoms with Crippen LogP contribution in [0.15, 0.2) is 24.3 Å². The van der Waals surface area contributed by atoms with Gasteiger partial charge >= 0.3 is 6.03 Å². The molecule has 1 aliphatic rings. The molecule has 1 saturated heterocycles. The number of aromatic amines is 1. The molecule has 0 radical (unpaired) electrons. The molecule has 0 aliphatic carbocycles. The Kier molecular flexibility index (Phi) is 5.04. The van der Waals surface area contributed by atoms with Crippen molar-refractivity contribution in [2.75, 3.05) is 19.7 Å². The molecule has 24 heavy (non-hydrogen) atoms. The van der Waals surface area contributed by atoms with Crippen molar-refractivity contribution < 1.29 is 9.90 Å². The number of urea groups is 1. The van der Waals surface area contributed by atoms with Crippen LogP contribution >= 0.6 is 0 Å². The van der Waals surface area contributed by atoms with Gasteiger partial charge in [0.2, 0.25) is 0 Å². The van der Waals surface area contributed by atoms with Gasteiger partial charge in [0.15, 0.2) is 0 Å². The highest BCUT2D eigenvalue weighted by molar-refractivity contribution is 5.76. The number of aromatic nitrogens is 2. The van der Waals surface area contributed by atoms with Crippen LogP contribution in [-0.2, 0) is 0 Å². The molecule has 6 heteroatoms. The molecule has 1 aromatic carbocycles. The van der Waals surface area contributed by atoms with Gasteiger partial charge in [0.05, 0.1) is 17.1 Å². The summed E-state index contributed by atoms with van der Waals surface area (Å²) >= 11 is 0. The van der Waals surface area contributed by atoms with Gasteiger partial charge < -0.3 is 20.3 Å². The molecule has 2 unspecified atom stereocenters. The molecule has 2 aromatic rings. The number of amides is 2. The van der Waals surface area contributed by atoms with E-state index >= 15 is 0 Å². The summed E-state index contributed by atoms with van der Waals surface area (Å²) in [7, 11) is 0. The number of hydrogen-bond donors (Lipinski definition) is 3. The van der Waals surface area contributed by atoms with Gasteiger partial charge in [0.1, 0.15) is 5.82 Å². The van der Waals surface area contributed by atoms with Gasteiger partial charge in [-0.2, -0.15) is 0 Å². The molecule has 0 bridgehead atoms. The van der Waals surface area contributed by atoms with E-state index < -0.39 is 0 Å². The number of carbonyl (C=O) groups excluding carboxylic acids is 1. The summed E-state index contributed by atoms with van der Waals surface area (Å²) in [6.07, 6.45) is 1.92. The van der Waals surface area contributed by atoms with E-state index in [1.54, 1.807) is 0 Å². The number of hydrogen-bond acceptors (Lipinski definition) is 3. The van der Waals surface area contributed by atoms with E-state index in [1.165, 1.54) is 0 Å². The molecule has 1 aliphatic heterocycles. The van der Waals surface area contributed by atoms with Crippen molar-refractivity contribution in [2.45, 2.75) is 32.7 Å². The van der Waals surface area contributed by atoms with E-state index in [4.69, 9.17) is 0 Å². The van der Waals surface area contributed by atoms with Crippen molar-refractivity contribution in [3.05, 3.63) is 30.1 Å². The van der Waals surface area contributed by atoms with Gasteiger partial charge in [-0.25, -0.2) is 9.78 Å². The molecule has 1 aromatic heterocycles. The van der Waals surface area contributed by atoms with E-state index in [0.29, 0.717) is 6.54 Å². The molecule has 2 atom stereocenters. The minimum atomic E-state index is -0.167. The second-order valence-corrected chi connectivity index (χ2v) is 6.95. The van der Waals surface area contributed by atoms with Crippen LogP contribution in [0.4, 0.5) is 4.79 Å². The summed E-state index contributed by atoms with van der Waals surface area (Å²) in [6.45, 7) is 5.65. The number of likely N-dealkylation sites (tertiary alicyclic amines) is 1. The predicted molar refractivity (Wildman–Crippen MR) is 93.6 cm³/mol. The topological polar surface area (TPSA) is 81.2 Å². The maximum atomic E-state index is 12.7. The monoisotopic (exact) mass is 330 g/mol. The first-order valence-corrected chi connectivity index (χ1v) is 8.69. The molecule has 2 heterocycles. The lowest BCUT2D eigenvalue weighted by molar-refractivity contribution is 0.126. The first-order chi connectivity index (χ1) is 11.6. The second-order valence-electron chi connectivity index (χ2n) is 6.95. The van der Waals surface area contributed by atoms with Gasteiger partial charge in [0.25, 0.3) is 0 Å². The molecule has 3 N–H and O–H groups in total. The van der Waals surface area contributed by atoms with Gasteiger partial charge in [-0.1, -0.05) is 26.0 Å². The van der Waals surface area contributed by atoms with Gasteiger partial charge in [0, 0.05) is 19.7 Å². The van der Waals surface area contributed by atoms with Crippen LogP contribution < -0.4 is 5.32 Å². The van der Waals surface area contributed by atoms with Crippen molar-refractivity contribution >= 4 is 17.1 Å². The van der Waals surface area contributed by atoms with E-state index in [0.717, 1.165) is 36.2 Å². The fourth-order valence-corrected chi connectivity index (χ4v) is 3.29. The molecule has 2 amide bonds. The van der Waals surface area contributed by atoms with Crippen LogP contribution in [0.2, 0.25) is 0 Å². The molecule has 1 fully saturated rings. The molecule has 130 valence electrons. The zero-order valence-electron chi connectivity index (χ0n) is 14.3. The summed E-state index contributed by atoms with van der Waals surface area (Å²) < 4.78 is 0. The number of para-hydroxylation sites is 2. The third-order valence-corrected chi connectivity index (χ3v) is 4.71. The largest absolute Gasteiger partial charge is 0.396 e. The minimum Gasteiger partial charge on any atom is -0.396 e. The van der Waals surface area contributed by atoms with Gasteiger partial charge in [-0.05, 0) is 36.8 Å². The van der Waals surface area contributed by atoms with E-state index in [9.17, 15) is 9.90 Å². The zero-order valence-corrected chi connectivity index (χ0v) is 14.3. The van der Waals surface area contributed by atoms with Crippen molar-refractivity contribution in [2.24, 2.45) is 11.8 Å². The molecule has 0 spiro atoms. The molecular formula is C18H26N4O2. The Balaban J connectivity index is 1.75. The summed E-state index contributed by atoms with van der Waals surface area (Å²) in [5.41, 5.74) is 1.89. The minimum absolute atomic E-state index is 0.0766. The number of H-pyrrole nitrogens is 1. The zero-order chi connectivity index (χ0) is 17.1. The first kappa shape index (κ1) is 16.8. The Hall–Kier alpha value is -2.08. The second kappa shape index (κ2) is 7.21. The fourth-order valence-electron chi connectivity index (χ4n) is 3.29. The summed E-state index contributed by atoms with van der Waals surface area (Å²) in [5.74, 6) is 1.19. The van der Waals surface area contributed by atoms with Gasteiger partial charge in [-0.3, -0.25) is 0 Å². The van der Waals surface area contributed by atoms with Crippen molar-refractivity contribution in [3.63, 3.8) is 0 Å². The molecular weight excluding hydrogens is 304 g/mol. The molecule has 6 nitrogen and oxygen atoms in total. The maximum Gasteiger partial charge on any atom is 0.318 e. The van der Waals surface area contributed by atoms with E-state index in [1.807, 2.05) is 29.2 Å². The van der Waals surface area contributed by atoms with Crippen LogP contribution in [0.5, 0.6) is 0 Å². The van der Waals surface area contributed by atoms with Crippen molar-refractivity contribution in [3.8, 4) is 0 Å². The van der Waals surface area contributed by atoms with Crippen LogP contribution in [0.1, 0.15) is 38.6 Å².